The number of hydrogen-bond donors (Lipinski definition) is 3. The average molecular weight is 317 g/mol. The number of anilines is 1. The largest absolute Gasteiger partial charge is 0.507 e. The quantitative estimate of drug-likeness (QED) is 0.340. The number of nitrogens with one attached hydrogen (secondary N) is 2. The van der Waals surface area contributed by atoms with Gasteiger partial charge in [-0.2, -0.15) is 27.9 Å². The zero-order valence-electron chi connectivity index (χ0n) is 10.5. The first-order valence-electron chi connectivity index (χ1n) is 5.53. The zero-order chi connectivity index (χ0) is 16.5. The van der Waals surface area contributed by atoms with Crippen LogP contribution in [-0.4, -0.2) is 23.8 Å². The average Bonchev–Trinajstić information content (AvgIpc) is 2.40. The Bertz CT molecular complexity index is 698. The Labute approximate surface area is 120 Å². The summed E-state index contributed by atoms with van der Waals surface area (Å²) in [6, 6.07) is 4.84. The standard InChI is InChI=1S/C11H7F4N5O2/c12-10(13)11(14,15)22-8-5(2-1-3-7(8)21-10)19-20-6(4-16)9(17)18/h1-3,19H,(H3,17,18)/b20-6+. The van der Waals surface area contributed by atoms with Crippen molar-refractivity contribution in [3.05, 3.63) is 18.2 Å². The first-order chi connectivity index (χ1) is 10.2. The van der Waals surface area contributed by atoms with Crippen LogP contribution in [0.1, 0.15) is 0 Å². The van der Waals surface area contributed by atoms with Gasteiger partial charge in [-0.05, 0) is 12.1 Å². The number of benzene rings is 1. The molecule has 0 saturated heterocycles. The van der Waals surface area contributed by atoms with E-state index in [1.165, 1.54) is 18.2 Å². The molecule has 0 aromatic heterocycles. The molecule has 0 atom stereocenters. The van der Waals surface area contributed by atoms with Crippen molar-refractivity contribution in [2.45, 2.75) is 12.2 Å². The van der Waals surface area contributed by atoms with E-state index in [0.29, 0.717) is 0 Å². The normalized spacial score (nSPS) is 18.2. The number of alkyl halides is 4. The van der Waals surface area contributed by atoms with Crippen LogP contribution in [0, 0.1) is 16.7 Å². The van der Waals surface area contributed by atoms with Crippen LogP contribution in [0.25, 0.3) is 0 Å². The molecule has 1 aliphatic heterocycles. The zero-order valence-corrected chi connectivity index (χ0v) is 10.5. The van der Waals surface area contributed by atoms with E-state index in [1.807, 2.05) is 0 Å². The number of nitrogens with zero attached hydrogens (tertiary/aromatic N) is 2. The molecule has 1 aromatic rings. The van der Waals surface area contributed by atoms with Crippen molar-refractivity contribution in [1.82, 2.24) is 0 Å². The summed E-state index contributed by atoms with van der Waals surface area (Å²) in [5, 5.41) is 19.1. The highest BCUT2D eigenvalue weighted by molar-refractivity contribution is 6.45. The maximum absolute atomic E-state index is 13.2. The first-order valence-corrected chi connectivity index (χ1v) is 5.53. The first kappa shape index (κ1) is 15.4. The van der Waals surface area contributed by atoms with E-state index >= 15 is 0 Å². The predicted molar refractivity (Wildman–Crippen MR) is 66.2 cm³/mol. The molecule has 0 aliphatic carbocycles. The van der Waals surface area contributed by atoms with Crippen LogP contribution < -0.4 is 20.6 Å². The maximum Gasteiger partial charge on any atom is 0.507 e. The molecule has 0 spiro atoms. The monoisotopic (exact) mass is 317 g/mol. The van der Waals surface area contributed by atoms with E-state index < -0.39 is 35.3 Å². The molecule has 0 amide bonds. The van der Waals surface area contributed by atoms with Crippen LogP contribution in [0.5, 0.6) is 11.5 Å². The summed E-state index contributed by atoms with van der Waals surface area (Å²) < 4.78 is 60.3. The number of hydrogen-bond acceptors (Lipinski definition) is 6. The van der Waals surface area contributed by atoms with Gasteiger partial charge < -0.3 is 15.2 Å². The van der Waals surface area contributed by atoms with E-state index in [9.17, 15) is 17.6 Å². The van der Waals surface area contributed by atoms with Crippen LogP contribution in [-0.2, 0) is 0 Å². The van der Waals surface area contributed by atoms with Crippen LogP contribution in [0.3, 0.4) is 0 Å². The number of nitrogens with two attached hydrogens (primary N) is 1. The molecule has 11 heteroatoms. The number of amidine groups is 1. The number of halogens is 4. The van der Waals surface area contributed by atoms with Crippen LogP contribution in [0.15, 0.2) is 23.3 Å². The topological polar surface area (TPSA) is 117 Å². The summed E-state index contributed by atoms with van der Waals surface area (Å²) in [7, 11) is 0. The third-order valence-corrected chi connectivity index (χ3v) is 2.44. The molecule has 1 heterocycles. The SMILES string of the molecule is N#C/C(=N\Nc1cccc2c1OC(F)(F)C(F)(F)O2)C(=N)N. The minimum absolute atomic E-state index is 0.276. The smallest absolute Gasteiger partial charge is 0.421 e. The van der Waals surface area contributed by atoms with Crippen molar-refractivity contribution in [3.8, 4) is 17.6 Å². The Kier molecular flexibility index (Phi) is 3.54. The lowest BCUT2D eigenvalue weighted by Gasteiger charge is -2.32. The van der Waals surface area contributed by atoms with Crippen LogP contribution in [0.4, 0.5) is 23.2 Å². The van der Waals surface area contributed by atoms with Crippen molar-refractivity contribution in [2.75, 3.05) is 5.43 Å². The van der Waals surface area contributed by atoms with Gasteiger partial charge in [0.2, 0.25) is 5.71 Å². The van der Waals surface area contributed by atoms with Gasteiger partial charge in [-0.25, -0.2) is 0 Å². The third kappa shape index (κ3) is 2.58. The van der Waals surface area contributed by atoms with Gasteiger partial charge in [0.05, 0.1) is 0 Å². The Morgan fingerprint density at radius 2 is 1.91 bits per heavy atom. The highest BCUT2D eigenvalue weighted by Gasteiger charge is 2.66. The molecule has 0 bridgehead atoms. The van der Waals surface area contributed by atoms with E-state index in [-0.39, 0.29) is 5.69 Å². The summed E-state index contributed by atoms with van der Waals surface area (Å²) >= 11 is 0. The lowest BCUT2D eigenvalue weighted by atomic mass is 10.2. The molecular formula is C11H7F4N5O2. The lowest BCUT2D eigenvalue weighted by molar-refractivity contribution is -0.391. The van der Waals surface area contributed by atoms with Gasteiger partial charge in [0.25, 0.3) is 0 Å². The molecule has 116 valence electrons. The highest BCUT2D eigenvalue weighted by atomic mass is 19.3. The molecule has 0 saturated carbocycles. The Hall–Kier alpha value is -3.03. The highest BCUT2D eigenvalue weighted by Crippen LogP contribution is 2.49. The van der Waals surface area contributed by atoms with Gasteiger partial charge in [-0.3, -0.25) is 10.8 Å². The minimum atomic E-state index is -4.89. The molecule has 1 aromatic carbocycles. The fraction of sp³-hybridized carbons (Fsp3) is 0.182. The van der Waals surface area contributed by atoms with E-state index in [1.54, 1.807) is 0 Å². The summed E-state index contributed by atoms with van der Waals surface area (Å²) in [5.74, 6) is -2.03. The van der Waals surface area contributed by atoms with Crippen molar-refractivity contribution >= 4 is 17.2 Å². The number of rotatable bonds is 3. The fourth-order valence-corrected chi connectivity index (χ4v) is 1.44. The van der Waals surface area contributed by atoms with E-state index in [2.05, 4.69) is 20.0 Å². The molecule has 2 rings (SSSR count). The van der Waals surface area contributed by atoms with Crippen LogP contribution in [0.2, 0.25) is 0 Å². The molecule has 4 N–H and O–H groups in total. The summed E-state index contributed by atoms with van der Waals surface area (Å²) in [6.45, 7) is 0. The van der Waals surface area contributed by atoms with Gasteiger partial charge in [0, 0.05) is 0 Å². The Balaban J connectivity index is 2.39. The number of hydrazone groups is 1. The number of fused-ring (bicyclic) bond motifs is 1. The van der Waals surface area contributed by atoms with Gasteiger partial charge in [0.1, 0.15) is 11.8 Å². The number of ether oxygens (including phenoxy) is 2. The lowest BCUT2D eigenvalue weighted by Crippen LogP contribution is -2.52. The summed E-state index contributed by atoms with van der Waals surface area (Å²) in [6.07, 6.45) is -9.72. The van der Waals surface area contributed by atoms with Gasteiger partial charge >= 0.3 is 12.2 Å². The van der Waals surface area contributed by atoms with Gasteiger partial charge in [-0.1, -0.05) is 6.07 Å². The van der Waals surface area contributed by atoms with Crippen molar-refractivity contribution < 1.29 is 27.0 Å². The second-order valence-corrected chi connectivity index (χ2v) is 3.97. The van der Waals surface area contributed by atoms with Crippen molar-refractivity contribution in [1.29, 1.82) is 10.7 Å². The molecule has 7 nitrogen and oxygen atoms in total. The molecular weight excluding hydrogens is 310 g/mol. The molecule has 0 fully saturated rings. The van der Waals surface area contributed by atoms with Gasteiger partial charge in [-0.15, -0.1) is 0 Å². The van der Waals surface area contributed by atoms with Crippen LogP contribution >= 0.6 is 0 Å². The van der Waals surface area contributed by atoms with Gasteiger partial charge in [0.15, 0.2) is 17.3 Å². The fourth-order valence-electron chi connectivity index (χ4n) is 1.44. The molecule has 0 unspecified atom stereocenters. The Morgan fingerprint density at radius 3 is 2.50 bits per heavy atom. The second kappa shape index (κ2) is 5.06. The predicted octanol–water partition coefficient (Wildman–Crippen LogP) is 1.87. The van der Waals surface area contributed by atoms with E-state index in [0.717, 1.165) is 6.07 Å². The number of para-hydroxylation sites is 1. The minimum Gasteiger partial charge on any atom is -0.421 e. The third-order valence-electron chi connectivity index (χ3n) is 2.44. The summed E-state index contributed by atoms with van der Waals surface area (Å²) in [4.78, 5) is 0. The second-order valence-electron chi connectivity index (χ2n) is 3.97. The maximum atomic E-state index is 13.2. The van der Waals surface area contributed by atoms with Crippen molar-refractivity contribution in [3.63, 3.8) is 0 Å². The Morgan fingerprint density at radius 1 is 1.27 bits per heavy atom. The molecule has 0 radical (unpaired) electrons. The molecule has 22 heavy (non-hydrogen) atoms. The van der Waals surface area contributed by atoms with E-state index in [4.69, 9.17) is 16.4 Å². The number of nitriles is 1. The molecule has 1 aliphatic rings. The summed E-state index contributed by atoms with van der Waals surface area (Å²) in [5.41, 5.74) is 6.36. The van der Waals surface area contributed by atoms with Crippen molar-refractivity contribution in [2.24, 2.45) is 10.8 Å².